The summed E-state index contributed by atoms with van der Waals surface area (Å²) in [6.45, 7) is 4.15. The summed E-state index contributed by atoms with van der Waals surface area (Å²) in [7, 11) is 0. The molecule has 0 bridgehead atoms. The molecule has 1 aromatic carbocycles. The SMILES string of the molecule is Cc1cc(C(Cl)C2CCCC2)c(C)cc1Cl. The number of benzene rings is 1. The van der Waals surface area contributed by atoms with Crippen molar-refractivity contribution in [3.05, 3.63) is 33.8 Å². The van der Waals surface area contributed by atoms with E-state index in [1.165, 1.54) is 36.8 Å². The molecule has 1 aliphatic carbocycles. The average molecular weight is 257 g/mol. The van der Waals surface area contributed by atoms with Crippen molar-refractivity contribution in [2.45, 2.75) is 44.9 Å². The number of alkyl halides is 1. The first-order valence-electron chi connectivity index (χ1n) is 6.00. The molecule has 1 fully saturated rings. The highest BCUT2D eigenvalue weighted by Gasteiger charge is 2.25. The molecule has 0 aromatic heterocycles. The fourth-order valence-electron chi connectivity index (χ4n) is 2.60. The fraction of sp³-hybridized carbons (Fsp3) is 0.571. The van der Waals surface area contributed by atoms with Crippen molar-refractivity contribution in [2.75, 3.05) is 0 Å². The third-order valence-corrected chi connectivity index (χ3v) is 4.66. The quantitative estimate of drug-likeness (QED) is 0.620. The number of halogens is 2. The molecule has 88 valence electrons. The summed E-state index contributed by atoms with van der Waals surface area (Å²) in [5, 5.41) is 1.01. The predicted octanol–water partition coefficient (Wildman–Crippen LogP) is 5.43. The summed E-state index contributed by atoms with van der Waals surface area (Å²) in [4.78, 5) is 0. The van der Waals surface area contributed by atoms with Crippen LogP contribution < -0.4 is 0 Å². The number of hydrogen-bond donors (Lipinski definition) is 0. The molecule has 2 rings (SSSR count). The van der Waals surface area contributed by atoms with Crippen LogP contribution in [0.15, 0.2) is 12.1 Å². The van der Waals surface area contributed by atoms with E-state index in [4.69, 9.17) is 23.2 Å². The van der Waals surface area contributed by atoms with Gasteiger partial charge < -0.3 is 0 Å². The summed E-state index contributed by atoms with van der Waals surface area (Å²) in [6.07, 6.45) is 5.21. The van der Waals surface area contributed by atoms with Gasteiger partial charge >= 0.3 is 0 Å². The Bertz CT molecular complexity index is 379. The van der Waals surface area contributed by atoms with E-state index in [1.807, 2.05) is 13.0 Å². The molecule has 0 aliphatic heterocycles. The van der Waals surface area contributed by atoms with Gasteiger partial charge in [0.2, 0.25) is 0 Å². The minimum Gasteiger partial charge on any atom is -0.118 e. The van der Waals surface area contributed by atoms with E-state index in [9.17, 15) is 0 Å². The van der Waals surface area contributed by atoms with E-state index >= 15 is 0 Å². The van der Waals surface area contributed by atoms with Crippen LogP contribution >= 0.6 is 23.2 Å². The maximum absolute atomic E-state index is 6.60. The molecule has 0 saturated heterocycles. The summed E-state index contributed by atoms with van der Waals surface area (Å²) in [6, 6.07) is 4.20. The monoisotopic (exact) mass is 256 g/mol. The summed E-state index contributed by atoms with van der Waals surface area (Å²) in [5.74, 6) is 0.654. The van der Waals surface area contributed by atoms with Gasteiger partial charge in [0.05, 0.1) is 5.38 Å². The second kappa shape index (κ2) is 4.98. The van der Waals surface area contributed by atoms with Crippen LogP contribution in [0.2, 0.25) is 5.02 Å². The Hall–Kier alpha value is -0.200. The molecule has 16 heavy (non-hydrogen) atoms. The normalized spacial score (nSPS) is 19.0. The maximum atomic E-state index is 6.60. The number of rotatable bonds is 2. The van der Waals surface area contributed by atoms with Crippen molar-refractivity contribution in [3.63, 3.8) is 0 Å². The lowest BCUT2D eigenvalue weighted by Gasteiger charge is -2.20. The smallest absolute Gasteiger partial charge is 0.0616 e. The standard InChI is InChI=1S/C14H18Cl2/c1-9-8-13(15)10(2)7-12(9)14(16)11-5-3-4-6-11/h7-8,11,14H,3-6H2,1-2H3. The van der Waals surface area contributed by atoms with Crippen LogP contribution in [-0.2, 0) is 0 Å². The average Bonchev–Trinajstić information content (AvgIpc) is 2.75. The van der Waals surface area contributed by atoms with Crippen molar-refractivity contribution >= 4 is 23.2 Å². The van der Waals surface area contributed by atoms with Crippen molar-refractivity contribution in [3.8, 4) is 0 Å². The molecule has 0 N–H and O–H groups in total. The second-order valence-electron chi connectivity index (χ2n) is 4.90. The molecule has 1 aromatic rings. The van der Waals surface area contributed by atoms with Gasteiger partial charge in [-0.25, -0.2) is 0 Å². The van der Waals surface area contributed by atoms with E-state index < -0.39 is 0 Å². The van der Waals surface area contributed by atoms with E-state index in [0.717, 1.165) is 10.6 Å². The van der Waals surface area contributed by atoms with Crippen LogP contribution in [0, 0.1) is 19.8 Å². The molecule has 2 heteroatoms. The topological polar surface area (TPSA) is 0 Å². The third-order valence-electron chi connectivity index (χ3n) is 3.66. The van der Waals surface area contributed by atoms with Gasteiger partial charge in [-0.2, -0.15) is 0 Å². The first-order chi connectivity index (χ1) is 7.59. The zero-order valence-corrected chi connectivity index (χ0v) is 11.4. The predicted molar refractivity (Wildman–Crippen MR) is 71.5 cm³/mol. The molecular weight excluding hydrogens is 239 g/mol. The Morgan fingerprint density at radius 3 is 2.38 bits per heavy atom. The first kappa shape index (κ1) is 12.3. The Morgan fingerprint density at radius 2 is 1.75 bits per heavy atom. The van der Waals surface area contributed by atoms with E-state index in [1.54, 1.807) is 0 Å². The zero-order valence-electron chi connectivity index (χ0n) is 9.89. The minimum absolute atomic E-state index is 0.165. The molecule has 1 atom stereocenters. The Kier molecular flexibility index (Phi) is 3.81. The van der Waals surface area contributed by atoms with Gasteiger partial charge in [-0.3, -0.25) is 0 Å². The molecule has 0 nitrogen and oxygen atoms in total. The summed E-state index contributed by atoms with van der Waals surface area (Å²) in [5.41, 5.74) is 3.63. The van der Waals surface area contributed by atoms with Crippen molar-refractivity contribution in [1.29, 1.82) is 0 Å². The molecule has 0 heterocycles. The highest BCUT2D eigenvalue weighted by molar-refractivity contribution is 6.31. The van der Waals surface area contributed by atoms with E-state index in [2.05, 4.69) is 13.0 Å². The van der Waals surface area contributed by atoms with Gasteiger partial charge in [0.1, 0.15) is 0 Å². The van der Waals surface area contributed by atoms with Gasteiger partial charge in [0.25, 0.3) is 0 Å². The highest BCUT2D eigenvalue weighted by Crippen LogP contribution is 2.41. The first-order valence-corrected chi connectivity index (χ1v) is 6.81. The Labute approximate surface area is 108 Å². The zero-order chi connectivity index (χ0) is 11.7. The van der Waals surface area contributed by atoms with Crippen molar-refractivity contribution < 1.29 is 0 Å². The third kappa shape index (κ3) is 2.38. The lowest BCUT2D eigenvalue weighted by molar-refractivity contribution is 0.527. The van der Waals surface area contributed by atoms with Crippen LogP contribution in [0.1, 0.15) is 47.8 Å². The molecular formula is C14H18Cl2. The number of hydrogen-bond acceptors (Lipinski definition) is 0. The molecule has 1 saturated carbocycles. The molecule has 1 unspecified atom stereocenters. The van der Waals surface area contributed by atoms with Crippen LogP contribution in [0.3, 0.4) is 0 Å². The highest BCUT2D eigenvalue weighted by atomic mass is 35.5. The van der Waals surface area contributed by atoms with Crippen LogP contribution in [-0.4, -0.2) is 0 Å². The van der Waals surface area contributed by atoms with E-state index in [-0.39, 0.29) is 5.38 Å². The minimum atomic E-state index is 0.165. The lowest BCUT2D eigenvalue weighted by atomic mass is 9.93. The lowest BCUT2D eigenvalue weighted by Crippen LogP contribution is -2.05. The summed E-state index contributed by atoms with van der Waals surface area (Å²) < 4.78 is 0. The second-order valence-corrected chi connectivity index (χ2v) is 5.78. The van der Waals surface area contributed by atoms with Gasteiger partial charge in [0.15, 0.2) is 0 Å². The largest absolute Gasteiger partial charge is 0.118 e. The fourth-order valence-corrected chi connectivity index (χ4v) is 3.31. The van der Waals surface area contributed by atoms with Crippen molar-refractivity contribution in [1.82, 2.24) is 0 Å². The van der Waals surface area contributed by atoms with Gasteiger partial charge in [0, 0.05) is 5.02 Å². The molecule has 0 amide bonds. The van der Waals surface area contributed by atoms with Gasteiger partial charge in [-0.15, -0.1) is 11.6 Å². The molecule has 1 aliphatic rings. The van der Waals surface area contributed by atoms with E-state index in [0.29, 0.717) is 5.92 Å². The van der Waals surface area contributed by atoms with Crippen LogP contribution in [0.4, 0.5) is 0 Å². The van der Waals surface area contributed by atoms with Gasteiger partial charge in [-0.1, -0.05) is 30.5 Å². The Morgan fingerprint density at radius 1 is 1.12 bits per heavy atom. The van der Waals surface area contributed by atoms with Crippen molar-refractivity contribution in [2.24, 2.45) is 5.92 Å². The van der Waals surface area contributed by atoms with Crippen LogP contribution in [0.5, 0.6) is 0 Å². The maximum Gasteiger partial charge on any atom is 0.0616 e. The number of aryl methyl sites for hydroxylation is 2. The Balaban J connectivity index is 2.28. The molecule has 0 spiro atoms. The van der Waals surface area contributed by atoms with Crippen LogP contribution in [0.25, 0.3) is 0 Å². The molecule has 0 radical (unpaired) electrons. The summed E-state index contributed by atoms with van der Waals surface area (Å²) >= 11 is 12.7. The van der Waals surface area contributed by atoms with Gasteiger partial charge in [-0.05, 0) is 55.4 Å².